The van der Waals surface area contributed by atoms with Crippen molar-refractivity contribution in [3.8, 4) is 0 Å². The Morgan fingerprint density at radius 1 is 1.00 bits per heavy atom. The number of H-pyrrole nitrogens is 1. The van der Waals surface area contributed by atoms with Crippen molar-refractivity contribution in [3.05, 3.63) is 48.2 Å². The second-order valence-corrected chi connectivity index (χ2v) is 8.38. The zero-order valence-corrected chi connectivity index (χ0v) is 16.9. The number of allylic oxidation sites excluding steroid dienone is 1. The molecule has 3 heteroatoms. The van der Waals surface area contributed by atoms with E-state index >= 15 is 0 Å². The molecule has 0 bridgehead atoms. The molecule has 0 spiro atoms. The SMILES string of the molecule is CCCCCCN1CCN(C2(c3cccc4[nH]ccc34)CC=CCC2)CC1. The lowest BCUT2D eigenvalue weighted by molar-refractivity contribution is 0.0226. The van der Waals surface area contributed by atoms with Crippen LogP contribution in [0.1, 0.15) is 57.4 Å². The molecule has 146 valence electrons. The quantitative estimate of drug-likeness (QED) is 0.531. The van der Waals surface area contributed by atoms with E-state index in [4.69, 9.17) is 0 Å². The van der Waals surface area contributed by atoms with Crippen LogP contribution in [0.2, 0.25) is 0 Å². The van der Waals surface area contributed by atoms with Crippen molar-refractivity contribution < 1.29 is 0 Å². The molecule has 1 aliphatic heterocycles. The van der Waals surface area contributed by atoms with Gasteiger partial charge in [-0.3, -0.25) is 4.90 Å². The van der Waals surface area contributed by atoms with E-state index in [0.717, 1.165) is 6.42 Å². The van der Waals surface area contributed by atoms with Crippen LogP contribution in [0.15, 0.2) is 42.6 Å². The lowest BCUT2D eigenvalue weighted by atomic mass is 9.76. The Balaban J connectivity index is 1.51. The molecule has 4 rings (SSSR count). The van der Waals surface area contributed by atoms with Crippen LogP contribution in [-0.4, -0.2) is 47.5 Å². The number of aromatic nitrogens is 1. The Bertz CT molecular complexity index is 754. The first kappa shape index (κ1) is 18.8. The van der Waals surface area contributed by atoms with E-state index in [1.165, 1.54) is 87.7 Å². The highest BCUT2D eigenvalue weighted by atomic mass is 15.3. The number of fused-ring (bicyclic) bond motifs is 1. The maximum absolute atomic E-state index is 3.41. The van der Waals surface area contributed by atoms with E-state index in [1.54, 1.807) is 0 Å². The van der Waals surface area contributed by atoms with Crippen LogP contribution >= 0.6 is 0 Å². The van der Waals surface area contributed by atoms with Gasteiger partial charge in [0.25, 0.3) is 0 Å². The summed E-state index contributed by atoms with van der Waals surface area (Å²) >= 11 is 0. The third-order valence-corrected chi connectivity index (χ3v) is 6.75. The van der Waals surface area contributed by atoms with Crippen molar-refractivity contribution in [2.75, 3.05) is 32.7 Å². The molecular formula is C24H35N3. The molecule has 27 heavy (non-hydrogen) atoms. The second kappa shape index (κ2) is 8.62. The summed E-state index contributed by atoms with van der Waals surface area (Å²) in [5, 5.41) is 1.41. The predicted molar refractivity (Wildman–Crippen MR) is 115 cm³/mol. The molecule has 2 heterocycles. The highest BCUT2D eigenvalue weighted by molar-refractivity contribution is 5.84. The molecule has 1 aliphatic carbocycles. The first-order valence-corrected chi connectivity index (χ1v) is 11.0. The van der Waals surface area contributed by atoms with Crippen molar-refractivity contribution in [2.24, 2.45) is 0 Å². The molecule has 1 N–H and O–H groups in total. The molecule has 1 fully saturated rings. The average Bonchev–Trinajstić information content (AvgIpc) is 3.21. The average molecular weight is 366 g/mol. The zero-order valence-electron chi connectivity index (χ0n) is 16.9. The maximum atomic E-state index is 3.41. The lowest BCUT2D eigenvalue weighted by Crippen LogP contribution is -2.55. The van der Waals surface area contributed by atoms with Gasteiger partial charge in [-0.1, -0.05) is 50.5 Å². The fourth-order valence-electron chi connectivity index (χ4n) is 5.18. The number of piperazine rings is 1. The molecule has 0 amide bonds. The molecular weight excluding hydrogens is 330 g/mol. The molecule has 1 atom stereocenters. The van der Waals surface area contributed by atoms with E-state index in [0.29, 0.717) is 0 Å². The van der Waals surface area contributed by atoms with E-state index < -0.39 is 0 Å². The number of hydrogen-bond donors (Lipinski definition) is 1. The topological polar surface area (TPSA) is 22.3 Å². The third-order valence-electron chi connectivity index (χ3n) is 6.75. The first-order chi connectivity index (χ1) is 13.3. The van der Waals surface area contributed by atoms with Crippen LogP contribution in [0.4, 0.5) is 0 Å². The van der Waals surface area contributed by atoms with Gasteiger partial charge >= 0.3 is 0 Å². The van der Waals surface area contributed by atoms with Gasteiger partial charge in [-0.2, -0.15) is 0 Å². The minimum absolute atomic E-state index is 0.171. The standard InChI is InChI=1S/C24H35N3/c1-2-3-4-8-16-26-17-19-27(20-18-26)24(13-6-5-7-14-24)22-10-9-11-23-21(22)12-15-25-23/h5-6,9-12,15,25H,2-4,7-8,13-14,16-20H2,1H3. The first-order valence-electron chi connectivity index (χ1n) is 11.0. The number of aromatic amines is 1. The molecule has 1 aromatic heterocycles. The fraction of sp³-hybridized carbons (Fsp3) is 0.583. The molecule has 2 aliphatic rings. The normalized spacial score (nSPS) is 24.6. The minimum Gasteiger partial charge on any atom is -0.361 e. The molecule has 3 nitrogen and oxygen atoms in total. The summed E-state index contributed by atoms with van der Waals surface area (Å²) in [5.41, 5.74) is 2.98. The predicted octanol–water partition coefficient (Wildman–Crippen LogP) is 5.30. The zero-order chi connectivity index (χ0) is 18.5. The number of rotatable bonds is 7. The third kappa shape index (κ3) is 3.86. The molecule has 1 saturated heterocycles. The smallest absolute Gasteiger partial charge is 0.0505 e. The van der Waals surface area contributed by atoms with Crippen molar-refractivity contribution in [2.45, 2.75) is 57.4 Å². The van der Waals surface area contributed by atoms with Crippen molar-refractivity contribution >= 4 is 10.9 Å². The molecule has 1 aromatic carbocycles. The summed E-state index contributed by atoms with van der Waals surface area (Å²) in [6.45, 7) is 8.42. The van der Waals surface area contributed by atoms with E-state index in [-0.39, 0.29) is 5.54 Å². The molecule has 0 saturated carbocycles. The lowest BCUT2D eigenvalue weighted by Gasteiger charge is -2.49. The summed E-state index contributed by atoms with van der Waals surface area (Å²) < 4.78 is 0. The van der Waals surface area contributed by atoms with Gasteiger partial charge in [0.15, 0.2) is 0 Å². The van der Waals surface area contributed by atoms with Crippen LogP contribution in [0.5, 0.6) is 0 Å². The van der Waals surface area contributed by atoms with Gasteiger partial charge in [-0.05, 0) is 49.9 Å². The molecule has 1 unspecified atom stereocenters. The van der Waals surface area contributed by atoms with Gasteiger partial charge in [0.2, 0.25) is 0 Å². The van der Waals surface area contributed by atoms with Crippen LogP contribution in [0, 0.1) is 0 Å². The van der Waals surface area contributed by atoms with Crippen molar-refractivity contribution in [1.82, 2.24) is 14.8 Å². The molecule has 0 radical (unpaired) electrons. The van der Waals surface area contributed by atoms with Gasteiger partial charge in [-0.15, -0.1) is 0 Å². The van der Waals surface area contributed by atoms with Gasteiger partial charge in [-0.25, -0.2) is 0 Å². The number of unbranched alkanes of at least 4 members (excludes halogenated alkanes) is 3. The van der Waals surface area contributed by atoms with Gasteiger partial charge in [0.05, 0.1) is 5.54 Å². The largest absolute Gasteiger partial charge is 0.361 e. The van der Waals surface area contributed by atoms with E-state index in [9.17, 15) is 0 Å². The summed E-state index contributed by atoms with van der Waals surface area (Å²) in [5.74, 6) is 0. The Morgan fingerprint density at radius 2 is 1.89 bits per heavy atom. The Labute approximate surface area is 164 Å². The minimum atomic E-state index is 0.171. The number of hydrogen-bond acceptors (Lipinski definition) is 2. The van der Waals surface area contributed by atoms with Crippen LogP contribution in [0.3, 0.4) is 0 Å². The van der Waals surface area contributed by atoms with Gasteiger partial charge < -0.3 is 9.88 Å². The van der Waals surface area contributed by atoms with E-state index in [1.807, 2.05) is 0 Å². The molecule has 2 aromatic rings. The summed E-state index contributed by atoms with van der Waals surface area (Å²) in [7, 11) is 0. The van der Waals surface area contributed by atoms with Crippen molar-refractivity contribution in [1.29, 1.82) is 0 Å². The monoisotopic (exact) mass is 365 g/mol. The summed E-state index contributed by atoms with van der Waals surface area (Å²) in [6.07, 6.45) is 15.9. The Morgan fingerprint density at radius 3 is 2.67 bits per heavy atom. The maximum Gasteiger partial charge on any atom is 0.0505 e. The second-order valence-electron chi connectivity index (χ2n) is 8.38. The number of benzene rings is 1. The van der Waals surface area contributed by atoms with Crippen LogP contribution in [0.25, 0.3) is 10.9 Å². The van der Waals surface area contributed by atoms with E-state index in [2.05, 4.69) is 64.3 Å². The van der Waals surface area contributed by atoms with Crippen LogP contribution in [-0.2, 0) is 5.54 Å². The summed E-state index contributed by atoms with van der Waals surface area (Å²) in [6, 6.07) is 9.10. The number of nitrogens with one attached hydrogen (secondary N) is 1. The highest BCUT2D eigenvalue weighted by Crippen LogP contribution is 2.43. The fourth-order valence-corrected chi connectivity index (χ4v) is 5.18. The highest BCUT2D eigenvalue weighted by Gasteiger charge is 2.40. The van der Waals surface area contributed by atoms with Crippen LogP contribution < -0.4 is 0 Å². The van der Waals surface area contributed by atoms with Gasteiger partial charge in [0, 0.05) is 43.3 Å². The van der Waals surface area contributed by atoms with Crippen molar-refractivity contribution in [3.63, 3.8) is 0 Å². The number of nitrogens with zero attached hydrogens (tertiary/aromatic N) is 2. The summed E-state index contributed by atoms with van der Waals surface area (Å²) in [4.78, 5) is 8.91. The Kier molecular flexibility index (Phi) is 5.99. The Hall–Kier alpha value is -1.58. The van der Waals surface area contributed by atoms with Gasteiger partial charge in [0.1, 0.15) is 0 Å².